The normalized spacial score (nSPS) is 18.6. The summed E-state index contributed by atoms with van der Waals surface area (Å²) in [5, 5.41) is 12.2. The van der Waals surface area contributed by atoms with E-state index in [4.69, 9.17) is 0 Å². The zero-order valence-electron chi connectivity index (χ0n) is 10.9. The lowest BCUT2D eigenvalue weighted by Crippen LogP contribution is -2.18. The summed E-state index contributed by atoms with van der Waals surface area (Å²) in [5.41, 5.74) is 0.397. The second kappa shape index (κ2) is 6.06. The number of nitriles is 1. The van der Waals surface area contributed by atoms with Gasteiger partial charge >= 0.3 is 0 Å². The van der Waals surface area contributed by atoms with Crippen LogP contribution in [0.5, 0.6) is 0 Å². The zero-order chi connectivity index (χ0) is 14.6. The minimum absolute atomic E-state index is 0.371. The van der Waals surface area contributed by atoms with Crippen LogP contribution < -0.4 is 5.32 Å². The van der Waals surface area contributed by atoms with Crippen molar-refractivity contribution in [2.24, 2.45) is 0 Å². The van der Waals surface area contributed by atoms with Crippen molar-refractivity contribution in [3.05, 3.63) is 40.7 Å². The van der Waals surface area contributed by atoms with Gasteiger partial charge in [-0.2, -0.15) is 5.26 Å². The highest BCUT2D eigenvalue weighted by molar-refractivity contribution is 7.95. The molecule has 0 bridgehead atoms. The number of rotatable bonds is 2. The molecule has 0 atom stereocenters. The monoisotopic (exact) mass is 294 g/mol. The fourth-order valence-electron chi connectivity index (χ4n) is 2.19. The molecule has 0 amide bonds. The Morgan fingerprint density at radius 2 is 2.00 bits per heavy atom. The molecule has 6 heteroatoms. The Morgan fingerprint density at radius 3 is 2.70 bits per heavy atom. The van der Waals surface area contributed by atoms with Crippen molar-refractivity contribution in [2.75, 3.05) is 6.54 Å². The van der Waals surface area contributed by atoms with Crippen LogP contribution in [0.25, 0.3) is 0 Å². The van der Waals surface area contributed by atoms with Crippen LogP contribution in [0.4, 0.5) is 4.39 Å². The van der Waals surface area contributed by atoms with Gasteiger partial charge in [-0.15, -0.1) is 0 Å². The third-order valence-electron chi connectivity index (χ3n) is 3.21. The van der Waals surface area contributed by atoms with Crippen LogP contribution in [-0.2, 0) is 9.84 Å². The van der Waals surface area contributed by atoms with Gasteiger partial charge in [0, 0.05) is 12.2 Å². The standard InChI is InChI=1S/C14H15FN2O2S/c15-11-6-3-4-8-13(11)20(18,19)14(10-16)12-7-2-1-5-9-17-12/h3-4,6,8,17H,1-2,5,7,9H2/b14-12-. The van der Waals surface area contributed by atoms with Crippen LogP contribution in [0, 0.1) is 17.1 Å². The summed E-state index contributed by atoms with van der Waals surface area (Å²) < 4.78 is 38.6. The second-order valence-electron chi connectivity index (χ2n) is 4.59. The largest absolute Gasteiger partial charge is 0.387 e. The lowest BCUT2D eigenvalue weighted by molar-refractivity contribution is 0.571. The Kier molecular flexibility index (Phi) is 4.40. The quantitative estimate of drug-likeness (QED) is 0.851. The maximum atomic E-state index is 13.7. The smallest absolute Gasteiger partial charge is 0.221 e. The maximum absolute atomic E-state index is 13.7. The minimum atomic E-state index is -4.12. The molecule has 20 heavy (non-hydrogen) atoms. The fraction of sp³-hybridized carbons (Fsp3) is 0.357. The van der Waals surface area contributed by atoms with E-state index in [0.29, 0.717) is 18.7 Å². The lowest BCUT2D eigenvalue weighted by atomic mass is 10.2. The van der Waals surface area contributed by atoms with E-state index in [0.717, 1.165) is 25.3 Å². The third-order valence-corrected chi connectivity index (χ3v) is 5.00. The molecule has 1 N–H and O–H groups in total. The average Bonchev–Trinajstić information content (AvgIpc) is 2.68. The molecule has 0 spiro atoms. The highest BCUT2D eigenvalue weighted by Crippen LogP contribution is 2.26. The van der Waals surface area contributed by atoms with E-state index in [9.17, 15) is 18.1 Å². The van der Waals surface area contributed by atoms with Gasteiger partial charge in [-0.05, 0) is 31.4 Å². The van der Waals surface area contributed by atoms with Gasteiger partial charge in [0.25, 0.3) is 0 Å². The number of nitrogens with one attached hydrogen (secondary N) is 1. The molecular weight excluding hydrogens is 279 g/mol. The number of hydrogen-bond donors (Lipinski definition) is 1. The molecule has 1 saturated heterocycles. The summed E-state index contributed by atoms with van der Waals surface area (Å²) in [5.74, 6) is -0.838. The fourth-order valence-corrected chi connectivity index (χ4v) is 3.61. The number of allylic oxidation sites excluding steroid dienone is 2. The summed E-state index contributed by atoms with van der Waals surface area (Å²) in [6.45, 7) is 0.632. The van der Waals surface area contributed by atoms with Crippen LogP contribution in [0.2, 0.25) is 0 Å². The van der Waals surface area contributed by atoms with E-state index >= 15 is 0 Å². The van der Waals surface area contributed by atoms with Gasteiger partial charge in [0.15, 0.2) is 4.91 Å². The van der Waals surface area contributed by atoms with Crippen molar-refractivity contribution in [3.63, 3.8) is 0 Å². The number of halogens is 1. The number of nitrogens with zero attached hydrogens (tertiary/aromatic N) is 1. The van der Waals surface area contributed by atoms with Crippen LogP contribution in [0.1, 0.15) is 25.7 Å². The molecule has 0 unspecified atom stereocenters. The number of hydrogen-bond acceptors (Lipinski definition) is 4. The molecule has 4 nitrogen and oxygen atoms in total. The second-order valence-corrected chi connectivity index (χ2v) is 6.45. The molecule has 106 valence electrons. The van der Waals surface area contributed by atoms with Gasteiger partial charge in [-0.25, -0.2) is 12.8 Å². The van der Waals surface area contributed by atoms with E-state index < -0.39 is 20.5 Å². The predicted molar refractivity (Wildman–Crippen MR) is 72.7 cm³/mol. The SMILES string of the molecule is N#C/C(=C1\CCCCCN1)S(=O)(=O)c1ccccc1F. The molecule has 1 fully saturated rings. The van der Waals surface area contributed by atoms with Gasteiger partial charge in [0.05, 0.1) is 0 Å². The van der Waals surface area contributed by atoms with Gasteiger partial charge < -0.3 is 5.32 Å². The third kappa shape index (κ3) is 2.83. The van der Waals surface area contributed by atoms with E-state index in [-0.39, 0.29) is 4.91 Å². The van der Waals surface area contributed by atoms with Gasteiger partial charge in [0.2, 0.25) is 9.84 Å². The highest BCUT2D eigenvalue weighted by atomic mass is 32.2. The number of benzene rings is 1. The van der Waals surface area contributed by atoms with Crippen molar-refractivity contribution in [1.82, 2.24) is 5.32 Å². The molecule has 0 saturated carbocycles. The maximum Gasteiger partial charge on any atom is 0.221 e. The number of sulfone groups is 1. The van der Waals surface area contributed by atoms with E-state index in [1.807, 2.05) is 0 Å². The first kappa shape index (κ1) is 14.5. The first-order chi connectivity index (χ1) is 9.57. The summed E-state index contributed by atoms with van der Waals surface area (Å²) in [7, 11) is -4.12. The first-order valence-corrected chi connectivity index (χ1v) is 7.92. The van der Waals surface area contributed by atoms with Gasteiger partial charge in [-0.1, -0.05) is 18.6 Å². The first-order valence-electron chi connectivity index (χ1n) is 6.44. The van der Waals surface area contributed by atoms with E-state index in [2.05, 4.69) is 5.32 Å². The summed E-state index contributed by atoms with van der Waals surface area (Å²) >= 11 is 0. The van der Waals surface area contributed by atoms with Crippen molar-refractivity contribution in [2.45, 2.75) is 30.6 Å². The lowest BCUT2D eigenvalue weighted by Gasteiger charge is -2.11. The Bertz CT molecular complexity index is 665. The van der Waals surface area contributed by atoms with Crippen LogP contribution in [0.15, 0.2) is 39.8 Å². The minimum Gasteiger partial charge on any atom is -0.387 e. The van der Waals surface area contributed by atoms with Crippen molar-refractivity contribution in [3.8, 4) is 6.07 Å². The molecule has 1 aliphatic heterocycles. The summed E-state index contributed by atoms with van der Waals surface area (Å²) in [4.78, 5) is -0.820. The molecule has 1 aromatic rings. The zero-order valence-corrected chi connectivity index (χ0v) is 11.7. The Morgan fingerprint density at radius 1 is 1.25 bits per heavy atom. The molecule has 0 aromatic heterocycles. The molecule has 0 aliphatic carbocycles. The summed E-state index contributed by atoms with van der Waals surface area (Å²) in [6, 6.07) is 6.84. The highest BCUT2D eigenvalue weighted by Gasteiger charge is 2.27. The van der Waals surface area contributed by atoms with Crippen LogP contribution in [-0.4, -0.2) is 15.0 Å². The Labute approximate surface area is 117 Å². The molecule has 0 radical (unpaired) electrons. The molecule has 1 aromatic carbocycles. The van der Waals surface area contributed by atoms with Crippen molar-refractivity contribution in [1.29, 1.82) is 5.26 Å². The molecule has 2 rings (SSSR count). The molecule has 1 heterocycles. The van der Waals surface area contributed by atoms with Gasteiger partial charge in [0.1, 0.15) is 16.8 Å². The molecular formula is C14H15FN2O2S. The average molecular weight is 294 g/mol. The van der Waals surface area contributed by atoms with E-state index in [1.165, 1.54) is 18.2 Å². The molecule has 1 aliphatic rings. The van der Waals surface area contributed by atoms with Crippen molar-refractivity contribution < 1.29 is 12.8 Å². The topological polar surface area (TPSA) is 70.0 Å². The Balaban J connectivity index is 2.53. The summed E-state index contributed by atoms with van der Waals surface area (Å²) in [6.07, 6.45) is 3.23. The van der Waals surface area contributed by atoms with Gasteiger partial charge in [-0.3, -0.25) is 0 Å². The van der Waals surface area contributed by atoms with E-state index in [1.54, 1.807) is 6.07 Å². The van der Waals surface area contributed by atoms with Crippen molar-refractivity contribution >= 4 is 9.84 Å². The predicted octanol–water partition coefficient (Wildman–Crippen LogP) is 2.50. The van der Waals surface area contributed by atoms with Crippen LogP contribution >= 0.6 is 0 Å². The Hall–Kier alpha value is -1.87. The van der Waals surface area contributed by atoms with Crippen LogP contribution in [0.3, 0.4) is 0 Å².